The van der Waals surface area contributed by atoms with Crippen LogP contribution >= 0.6 is 0 Å². The molecule has 0 unspecified atom stereocenters. The summed E-state index contributed by atoms with van der Waals surface area (Å²) >= 11 is 0. The minimum atomic E-state index is 0.476. The topological polar surface area (TPSA) is 61.7 Å². The molecule has 148 valence electrons. The van der Waals surface area contributed by atoms with Gasteiger partial charge in [-0.2, -0.15) is 0 Å². The zero-order valence-corrected chi connectivity index (χ0v) is 16.8. The molecule has 0 aliphatic heterocycles. The fourth-order valence-corrected chi connectivity index (χ4v) is 3.78. The molecule has 0 aliphatic rings. The Labute approximate surface area is 180 Å². The van der Waals surface area contributed by atoms with Gasteiger partial charge < -0.3 is 5.32 Å². The highest BCUT2D eigenvalue weighted by atomic mass is 14.9. The summed E-state index contributed by atoms with van der Waals surface area (Å²) in [5.41, 5.74) is 6.19. The number of aromatic nitrogens is 2. The van der Waals surface area contributed by atoms with E-state index >= 15 is 0 Å². The van der Waals surface area contributed by atoms with Gasteiger partial charge in [-0.3, -0.25) is 15.4 Å². The molecule has 0 aliphatic carbocycles. The largest absolute Gasteiger partial charge is 0.355 e. The monoisotopic (exact) mass is 400 g/mol. The van der Waals surface area contributed by atoms with E-state index in [1.165, 1.54) is 0 Å². The number of nitrogens with zero attached hydrogens (tertiary/aromatic N) is 2. The Morgan fingerprint density at radius 1 is 0.677 bits per heavy atom. The molecule has 0 atom stereocenters. The van der Waals surface area contributed by atoms with Crippen LogP contribution in [0.25, 0.3) is 21.9 Å². The van der Waals surface area contributed by atoms with Gasteiger partial charge in [-0.15, -0.1) is 0 Å². The first-order chi connectivity index (χ1) is 15.3. The molecule has 2 N–H and O–H groups in total. The number of hydrogen-bond donors (Lipinski definition) is 2. The molecule has 0 radical (unpaired) electrons. The lowest BCUT2D eigenvalue weighted by molar-refractivity contribution is 1.32. The number of benzene rings is 3. The fraction of sp³-hybridized carbons (Fsp3) is 0. The van der Waals surface area contributed by atoms with Crippen LogP contribution in [0.15, 0.2) is 110 Å². The van der Waals surface area contributed by atoms with Crippen LogP contribution in [0, 0.1) is 5.41 Å². The number of nitrogens with one attached hydrogen (secondary N) is 2. The lowest BCUT2D eigenvalue weighted by atomic mass is 9.93. The first-order valence-corrected chi connectivity index (χ1v) is 10.1. The first kappa shape index (κ1) is 18.7. The Bertz CT molecular complexity index is 1360. The average molecular weight is 400 g/mol. The molecule has 4 heteroatoms. The molecule has 0 amide bonds. The molecule has 0 bridgehead atoms. The highest BCUT2D eigenvalue weighted by Gasteiger charge is 2.15. The number of fused-ring (bicyclic) bond motifs is 1. The van der Waals surface area contributed by atoms with E-state index in [1.807, 2.05) is 54.6 Å². The second kappa shape index (κ2) is 8.20. The molecule has 2 heterocycles. The molecule has 0 saturated carbocycles. The zero-order valence-electron chi connectivity index (χ0n) is 16.8. The molecule has 4 nitrogen and oxygen atoms in total. The van der Waals surface area contributed by atoms with Crippen LogP contribution in [0.2, 0.25) is 0 Å². The summed E-state index contributed by atoms with van der Waals surface area (Å²) in [6.07, 6.45) is 7.09. The van der Waals surface area contributed by atoms with E-state index < -0.39 is 0 Å². The lowest BCUT2D eigenvalue weighted by Crippen LogP contribution is -2.07. The quantitative estimate of drug-likeness (QED) is 0.333. The predicted molar refractivity (Wildman–Crippen MR) is 127 cm³/mol. The summed E-state index contributed by atoms with van der Waals surface area (Å²) in [7, 11) is 0. The van der Waals surface area contributed by atoms with E-state index in [9.17, 15) is 0 Å². The number of anilines is 2. The van der Waals surface area contributed by atoms with Gasteiger partial charge >= 0.3 is 0 Å². The number of rotatable bonds is 5. The molecular formula is C27H20N4. The van der Waals surface area contributed by atoms with Crippen LogP contribution in [0.4, 0.5) is 11.4 Å². The summed E-state index contributed by atoms with van der Waals surface area (Å²) in [5.74, 6) is 0. The van der Waals surface area contributed by atoms with Gasteiger partial charge in [0.15, 0.2) is 0 Å². The summed E-state index contributed by atoms with van der Waals surface area (Å²) in [4.78, 5) is 8.20. The molecule has 3 aromatic carbocycles. The Morgan fingerprint density at radius 2 is 1.42 bits per heavy atom. The summed E-state index contributed by atoms with van der Waals surface area (Å²) in [6, 6.07) is 28.3. The van der Waals surface area contributed by atoms with Crippen molar-refractivity contribution in [2.45, 2.75) is 0 Å². The van der Waals surface area contributed by atoms with E-state index in [0.29, 0.717) is 5.71 Å². The molecule has 5 rings (SSSR count). The van der Waals surface area contributed by atoms with Crippen LogP contribution in [-0.2, 0) is 0 Å². The van der Waals surface area contributed by atoms with Gasteiger partial charge in [0.2, 0.25) is 0 Å². The van der Waals surface area contributed by atoms with Crippen LogP contribution in [0.3, 0.4) is 0 Å². The second-order valence-electron chi connectivity index (χ2n) is 7.26. The molecule has 5 aromatic rings. The van der Waals surface area contributed by atoms with Crippen molar-refractivity contribution in [2.24, 2.45) is 0 Å². The smallest absolute Gasteiger partial charge is 0.0711 e. The van der Waals surface area contributed by atoms with Gasteiger partial charge in [-0.05, 0) is 58.3 Å². The van der Waals surface area contributed by atoms with E-state index in [1.54, 1.807) is 24.8 Å². The van der Waals surface area contributed by atoms with E-state index in [-0.39, 0.29) is 0 Å². The molecular weight excluding hydrogens is 380 g/mol. The summed E-state index contributed by atoms with van der Waals surface area (Å²) < 4.78 is 0. The average Bonchev–Trinajstić information content (AvgIpc) is 2.85. The molecule has 0 spiro atoms. The fourth-order valence-electron chi connectivity index (χ4n) is 3.78. The Balaban J connectivity index is 1.63. The Hall–Kier alpha value is -4.31. The van der Waals surface area contributed by atoms with Crippen molar-refractivity contribution in [3.05, 3.63) is 121 Å². The van der Waals surface area contributed by atoms with Gasteiger partial charge in [0, 0.05) is 47.3 Å². The van der Waals surface area contributed by atoms with Gasteiger partial charge in [0.1, 0.15) is 0 Å². The highest BCUT2D eigenvalue weighted by molar-refractivity contribution is 6.21. The van der Waals surface area contributed by atoms with Crippen molar-refractivity contribution < 1.29 is 0 Å². The maximum absolute atomic E-state index is 9.15. The minimum Gasteiger partial charge on any atom is -0.355 e. The number of hydrogen-bond acceptors (Lipinski definition) is 4. The molecule has 0 saturated heterocycles. The zero-order chi connectivity index (χ0) is 21.0. The Morgan fingerprint density at radius 3 is 2.23 bits per heavy atom. The van der Waals surface area contributed by atoms with Gasteiger partial charge in [-0.25, -0.2) is 0 Å². The van der Waals surface area contributed by atoms with Crippen molar-refractivity contribution in [1.29, 1.82) is 5.41 Å². The van der Waals surface area contributed by atoms with Crippen molar-refractivity contribution in [3.63, 3.8) is 0 Å². The maximum Gasteiger partial charge on any atom is 0.0711 e. The Kier molecular flexibility index (Phi) is 4.95. The number of pyridine rings is 2. The van der Waals surface area contributed by atoms with Crippen LogP contribution in [-0.4, -0.2) is 15.7 Å². The summed E-state index contributed by atoms with van der Waals surface area (Å²) in [6.45, 7) is 0. The SMILES string of the molecule is N=C(c1cccc(-c2ccncc2)c1)c1c(Nc2ccncc2)ccc2ccccc12. The molecule has 0 fully saturated rings. The minimum absolute atomic E-state index is 0.476. The van der Waals surface area contributed by atoms with E-state index in [4.69, 9.17) is 5.41 Å². The van der Waals surface area contributed by atoms with Gasteiger partial charge in [-0.1, -0.05) is 48.5 Å². The third kappa shape index (κ3) is 3.79. The van der Waals surface area contributed by atoms with Crippen molar-refractivity contribution in [1.82, 2.24) is 9.97 Å². The van der Waals surface area contributed by atoms with Crippen molar-refractivity contribution >= 4 is 27.9 Å². The summed E-state index contributed by atoms with van der Waals surface area (Å²) in [5, 5.41) is 14.8. The van der Waals surface area contributed by atoms with Crippen LogP contribution in [0.1, 0.15) is 11.1 Å². The lowest BCUT2D eigenvalue weighted by Gasteiger charge is -2.17. The highest BCUT2D eigenvalue weighted by Crippen LogP contribution is 2.31. The molecule has 2 aromatic heterocycles. The third-order valence-corrected chi connectivity index (χ3v) is 5.30. The van der Waals surface area contributed by atoms with Gasteiger partial charge in [0.25, 0.3) is 0 Å². The van der Waals surface area contributed by atoms with Crippen molar-refractivity contribution in [2.75, 3.05) is 5.32 Å². The van der Waals surface area contributed by atoms with E-state index in [0.717, 1.165) is 44.4 Å². The second-order valence-corrected chi connectivity index (χ2v) is 7.26. The molecule has 31 heavy (non-hydrogen) atoms. The van der Waals surface area contributed by atoms with Crippen LogP contribution in [0.5, 0.6) is 0 Å². The van der Waals surface area contributed by atoms with Crippen LogP contribution < -0.4 is 5.32 Å². The predicted octanol–water partition coefficient (Wildman–Crippen LogP) is 6.46. The van der Waals surface area contributed by atoms with E-state index in [2.05, 4.69) is 45.6 Å². The normalized spacial score (nSPS) is 10.7. The standard InChI is InChI=1S/C27H20N4/c28-27(22-6-3-5-21(18-22)19-10-14-29-15-11-19)26-24-7-2-1-4-20(24)8-9-25(26)31-23-12-16-30-17-13-23/h1-18,28H,(H,30,31). The maximum atomic E-state index is 9.15. The van der Waals surface area contributed by atoms with Crippen molar-refractivity contribution in [3.8, 4) is 11.1 Å². The van der Waals surface area contributed by atoms with Gasteiger partial charge in [0.05, 0.1) is 5.71 Å². The third-order valence-electron chi connectivity index (χ3n) is 5.30. The first-order valence-electron chi connectivity index (χ1n) is 10.1.